The molecule has 0 bridgehead atoms. The van der Waals surface area contributed by atoms with Gasteiger partial charge in [-0.3, -0.25) is 0 Å². The Hall–Kier alpha value is -1.73. The fraction of sp³-hybridized carbons (Fsp3) is 0.500. The van der Waals surface area contributed by atoms with Crippen molar-refractivity contribution in [1.82, 2.24) is 5.32 Å². The van der Waals surface area contributed by atoms with Crippen LogP contribution in [-0.2, 0) is 6.54 Å². The van der Waals surface area contributed by atoms with E-state index in [1.165, 1.54) is 0 Å². The van der Waals surface area contributed by atoms with Crippen molar-refractivity contribution in [3.8, 4) is 17.6 Å². The number of nitrogens with zero attached hydrogens (tertiary/aromatic N) is 1. The molecule has 1 rings (SSSR count). The summed E-state index contributed by atoms with van der Waals surface area (Å²) in [5, 5.41) is 11.8. The highest BCUT2D eigenvalue weighted by molar-refractivity contribution is 5.41. The minimum Gasteiger partial charge on any atom is -0.493 e. The normalized spacial score (nSPS) is 9.83. The molecule has 0 radical (unpaired) electrons. The van der Waals surface area contributed by atoms with Crippen molar-refractivity contribution < 1.29 is 9.47 Å². The molecule has 0 spiro atoms. The second-order valence-corrected chi connectivity index (χ2v) is 3.85. The Kier molecular flexibility index (Phi) is 6.67. The van der Waals surface area contributed by atoms with E-state index >= 15 is 0 Å². The molecule has 0 saturated heterocycles. The molecule has 0 fully saturated rings. The van der Waals surface area contributed by atoms with Gasteiger partial charge >= 0.3 is 0 Å². The van der Waals surface area contributed by atoms with Gasteiger partial charge in [0, 0.05) is 18.2 Å². The van der Waals surface area contributed by atoms with Gasteiger partial charge < -0.3 is 14.8 Å². The van der Waals surface area contributed by atoms with Crippen molar-refractivity contribution >= 4 is 0 Å². The van der Waals surface area contributed by atoms with Gasteiger partial charge in [0.15, 0.2) is 6.61 Å². The minimum absolute atomic E-state index is 0.0519. The lowest BCUT2D eigenvalue weighted by Gasteiger charge is -2.12. The number of hydrogen-bond donors (Lipinski definition) is 1. The van der Waals surface area contributed by atoms with E-state index in [4.69, 9.17) is 14.7 Å². The quantitative estimate of drug-likeness (QED) is 0.768. The maximum absolute atomic E-state index is 8.58. The van der Waals surface area contributed by atoms with E-state index in [9.17, 15) is 0 Å². The van der Waals surface area contributed by atoms with E-state index in [0.29, 0.717) is 12.4 Å². The molecule has 0 aliphatic carbocycles. The molecule has 98 valence electrons. The smallest absolute Gasteiger partial charge is 0.174 e. The Balaban J connectivity index is 2.78. The molecule has 0 saturated carbocycles. The maximum Gasteiger partial charge on any atom is 0.174 e. The predicted octanol–water partition coefficient (Wildman–Crippen LogP) is 2.49. The summed E-state index contributed by atoms with van der Waals surface area (Å²) < 4.78 is 11.0. The Morgan fingerprint density at radius 1 is 1.28 bits per heavy atom. The molecule has 4 heteroatoms. The molecule has 0 aromatic heterocycles. The van der Waals surface area contributed by atoms with Crippen LogP contribution in [0.15, 0.2) is 18.2 Å². The molecule has 18 heavy (non-hydrogen) atoms. The summed E-state index contributed by atoms with van der Waals surface area (Å²) in [6.07, 6.45) is 0.966. The van der Waals surface area contributed by atoms with Gasteiger partial charge in [0.1, 0.15) is 17.6 Å². The molecule has 1 N–H and O–H groups in total. The van der Waals surface area contributed by atoms with Crippen LogP contribution >= 0.6 is 0 Å². The Morgan fingerprint density at radius 3 is 2.78 bits per heavy atom. The van der Waals surface area contributed by atoms with Crippen LogP contribution in [0.25, 0.3) is 0 Å². The van der Waals surface area contributed by atoms with Crippen molar-refractivity contribution in [1.29, 1.82) is 5.26 Å². The number of benzene rings is 1. The van der Waals surface area contributed by atoms with Crippen molar-refractivity contribution in [2.75, 3.05) is 19.8 Å². The zero-order valence-electron chi connectivity index (χ0n) is 11.0. The van der Waals surface area contributed by atoms with Crippen LogP contribution in [-0.4, -0.2) is 19.8 Å². The number of rotatable bonds is 8. The number of ether oxygens (including phenoxy) is 2. The van der Waals surface area contributed by atoms with Crippen LogP contribution in [0.3, 0.4) is 0 Å². The molecular formula is C14H20N2O2. The van der Waals surface area contributed by atoms with E-state index < -0.39 is 0 Å². The summed E-state index contributed by atoms with van der Waals surface area (Å²) in [6, 6.07) is 7.73. The molecule has 0 aliphatic heterocycles. The SMILES string of the molecule is CCCOc1ccc(CNCC)c(OCC#N)c1. The fourth-order valence-corrected chi connectivity index (χ4v) is 1.49. The topological polar surface area (TPSA) is 54.3 Å². The highest BCUT2D eigenvalue weighted by atomic mass is 16.5. The maximum atomic E-state index is 8.58. The highest BCUT2D eigenvalue weighted by Crippen LogP contribution is 2.25. The van der Waals surface area contributed by atoms with Crippen molar-refractivity contribution in [3.63, 3.8) is 0 Å². The first-order valence-electron chi connectivity index (χ1n) is 6.28. The molecule has 4 nitrogen and oxygen atoms in total. The summed E-state index contributed by atoms with van der Waals surface area (Å²) >= 11 is 0. The van der Waals surface area contributed by atoms with Crippen molar-refractivity contribution in [2.45, 2.75) is 26.8 Å². The van der Waals surface area contributed by atoms with Crippen LogP contribution in [0.2, 0.25) is 0 Å². The van der Waals surface area contributed by atoms with Crippen molar-refractivity contribution in [3.05, 3.63) is 23.8 Å². The zero-order chi connectivity index (χ0) is 13.2. The summed E-state index contributed by atoms with van der Waals surface area (Å²) in [4.78, 5) is 0. The fourth-order valence-electron chi connectivity index (χ4n) is 1.49. The third-order valence-corrected chi connectivity index (χ3v) is 2.37. The molecule has 0 aliphatic rings. The lowest BCUT2D eigenvalue weighted by Crippen LogP contribution is -2.13. The van der Waals surface area contributed by atoms with Gasteiger partial charge in [-0.25, -0.2) is 0 Å². The molecule has 1 aromatic carbocycles. The van der Waals surface area contributed by atoms with E-state index in [1.54, 1.807) is 0 Å². The summed E-state index contributed by atoms with van der Waals surface area (Å²) in [6.45, 7) is 6.47. The molecular weight excluding hydrogens is 228 g/mol. The first-order valence-corrected chi connectivity index (χ1v) is 6.28. The van der Waals surface area contributed by atoms with Gasteiger partial charge in [0.05, 0.1) is 6.61 Å². The van der Waals surface area contributed by atoms with E-state index in [1.807, 2.05) is 24.3 Å². The van der Waals surface area contributed by atoms with E-state index in [-0.39, 0.29) is 6.61 Å². The van der Waals surface area contributed by atoms with Gasteiger partial charge in [-0.05, 0) is 19.0 Å². The van der Waals surface area contributed by atoms with Crippen LogP contribution in [0, 0.1) is 11.3 Å². The second-order valence-electron chi connectivity index (χ2n) is 3.85. The van der Waals surface area contributed by atoms with Crippen LogP contribution < -0.4 is 14.8 Å². The average molecular weight is 248 g/mol. The van der Waals surface area contributed by atoms with Gasteiger partial charge in [-0.15, -0.1) is 0 Å². The van der Waals surface area contributed by atoms with Gasteiger partial charge in [-0.2, -0.15) is 5.26 Å². The Morgan fingerprint density at radius 2 is 2.11 bits per heavy atom. The van der Waals surface area contributed by atoms with E-state index in [0.717, 1.165) is 30.8 Å². The zero-order valence-corrected chi connectivity index (χ0v) is 11.0. The Labute approximate surface area is 109 Å². The number of hydrogen-bond acceptors (Lipinski definition) is 4. The predicted molar refractivity (Wildman–Crippen MR) is 70.7 cm³/mol. The number of nitriles is 1. The molecule has 0 amide bonds. The third kappa shape index (κ3) is 4.64. The van der Waals surface area contributed by atoms with Crippen molar-refractivity contribution in [2.24, 2.45) is 0 Å². The first kappa shape index (κ1) is 14.3. The van der Waals surface area contributed by atoms with Gasteiger partial charge in [-0.1, -0.05) is 19.9 Å². The van der Waals surface area contributed by atoms with Gasteiger partial charge in [0.2, 0.25) is 0 Å². The van der Waals surface area contributed by atoms with Crippen LogP contribution in [0.4, 0.5) is 0 Å². The highest BCUT2D eigenvalue weighted by Gasteiger charge is 2.06. The standard InChI is InChI=1S/C14H20N2O2/c1-3-8-17-13-6-5-12(11-16-4-2)14(10-13)18-9-7-15/h5-6,10,16H,3-4,8-9,11H2,1-2H3. The minimum atomic E-state index is 0.0519. The largest absolute Gasteiger partial charge is 0.493 e. The Bertz CT molecular complexity index is 399. The monoisotopic (exact) mass is 248 g/mol. The summed E-state index contributed by atoms with van der Waals surface area (Å²) in [5.41, 5.74) is 1.04. The van der Waals surface area contributed by atoms with Crippen LogP contribution in [0.1, 0.15) is 25.8 Å². The third-order valence-electron chi connectivity index (χ3n) is 2.37. The molecule has 0 atom stereocenters. The molecule has 1 aromatic rings. The summed E-state index contributed by atoms with van der Waals surface area (Å²) in [5.74, 6) is 1.50. The lowest BCUT2D eigenvalue weighted by atomic mass is 10.2. The van der Waals surface area contributed by atoms with Crippen LogP contribution in [0.5, 0.6) is 11.5 Å². The second kappa shape index (κ2) is 8.37. The molecule has 0 heterocycles. The lowest BCUT2D eigenvalue weighted by molar-refractivity contribution is 0.311. The number of nitrogens with one attached hydrogen (secondary N) is 1. The van der Waals surface area contributed by atoms with E-state index in [2.05, 4.69) is 19.2 Å². The molecule has 0 unspecified atom stereocenters. The summed E-state index contributed by atoms with van der Waals surface area (Å²) in [7, 11) is 0. The average Bonchev–Trinajstić information content (AvgIpc) is 2.41. The first-order chi connectivity index (χ1) is 8.81. The van der Waals surface area contributed by atoms with Gasteiger partial charge in [0.25, 0.3) is 0 Å².